The van der Waals surface area contributed by atoms with Gasteiger partial charge in [-0.3, -0.25) is 0 Å². The van der Waals surface area contributed by atoms with E-state index in [1.807, 2.05) is 42.5 Å². The van der Waals surface area contributed by atoms with Crippen molar-refractivity contribution in [1.29, 1.82) is 0 Å². The SMILES string of the molecule is CC(O)c1ccc(Sc2nnnn2-c2ccccc2)nc1. The van der Waals surface area contributed by atoms with Crippen LogP contribution in [0.3, 0.4) is 0 Å². The Hall–Kier alpha value is -2.25. The van der Waals surface area contributed by atoms with Gasteiger partial charge in [-0.25, -0.2) is 4.98 Å². The van der Waals surface area contributed by atoms with E-state index >= 15 is 0 Å². The Morgan fingerprint density at radius 3 is 2.62 bits per heavy atom. The summed E-state index contributed by atoms with van der Waals surface area (Å²) in [6, 6.07) is 13.4. The van der Waals surface area contributed by atoms with Gasteiger partial charge in [0, 0.05) is 6.20 Å². The fourth-order valence-electron chi connectivity index (χ4n) is 1.77. The second kappa shape index (κ2) is 6.02. The van der Waals surface area contributed by atoms with E-state index in [1.165, 1.54) is 11.8 Å². The summed E-state index contributed by atoms with van der Waals surface area (Å²) in [7, 11) is 0. The number of aromatic nitrogens is 5. The maximum absolute atomic E-state index is 9.48. The van der Waals surface area contributed by atoms with Gasteiger partial charge in [0.2, 0.25) is 5.16 Å². The molecule has 0 aliphatic rings. The number of hydrogen-bond acceptors (Lipinski definition) is 6. The molecular weight excluding hydrogens is 286 g/mol. The van der Waals surface area contributed by atoms with Gasteiger partial charge in [-0.1, -0.05) is 24.3 Å². The van der Waals surface area contributed by atoms with Gasteiger partial charge in [-0.2, -0.15) is 4.68 Å². The number of aliphatic hydroxyl groups is 1. The summed E-state index contributed by atoms with van der Waals surface area (Å²) in [6.07, 6.45) is 1.13. The van der Waals surface area contributed by atoms with Crippen LogP contribution < -0.4 is 0 Å². The Morgan fingerprint density at radius 2 is 1.95 bits per heavy atom. The van der Waals surface area contributed by atoms with E-state index in [9.17, 15) is 5.11 Å². The first kappa shape index (κ1) is 13.7. The number of rotatable bonds is 4. The van der Waals surface area contributed by atoms with Crippen molar-refractivity contribution in [2.24, 2.45) is 0 Å². The van der Waals surface area contributed by atoms with E-state index in [4.69, 9.17) is 0 Å². The lowest BCUT2D eigenvalue weighted by Crippen LogP contribution is -1.99. The van der Waals surface area contributed by atoms with Gasteiger partial charge in [0.25, 0.3) is 0 Å². The third kappa shape index (κ3) is 3.09. The predicted molar refractivity (Wildman–Crippen MR) is 78.1 cm³/mol. The van der Waals surface area contributed by atoms with Crippen molar-refractivity contribution in [3.63, 3.8) is 0 Å². The molecule has 1 atom stereocenters. The first-order valence-corrected chi connectivity index (χ1v) is 7.21. The molecule has 0 spiro atoms. The van der Waals surface area contributed by atoms with Crippen LogP contribution in [0.15, 0.2) is 58.8 Å². The highest BCUT2D eigenvalue weighted by Gasteiger charge is 2.11. The van der Waals surface area contributed by atoms with Crippen molar-refractivity contribution in [2.45, 2.75) is 23.2 Å². The molecular formula is C14H13N5OS. The van der Waals surface area contributed by atoms with Gasteiger partial charge in [-0.05, 0) is 52.9 Å². The Bertz CT molecular complexity index is 712. The molecule has 0 amide bonds. The average Bonchev–Trinajstić information content (AvgIpc) is 2.97. The maximum Gasteiger partial charge on any atom is 0.220 e. The second-order valence-corrected chi connectivity index (χ2v) is 5.40. The minimum atomic E-state index is -0.522. The van der Waals surface area contributed by atoms with Crippen LogP contribution in [0, 0.1) is 0 Å². The molecule has 0 aliphatic heterocycles. The zero-order chi connectivity index (χ0) is 14.7. The van der Waals surface area contributed by atoms with Gasteiger partial charge >= 0.3 is 0 Å². The highest BCUT2D eigenvalue weighted by Crippen LogP contribution is 2.25. The largest absolute Gasteiger partial charge is 0.389 e. The summed E-state index contributed by atoms with van der Waals surface area (Å²) < 4.78 is 1.66. The first-order valence-electron chi connectivity index (χ1n) is 6.40. The monoisotopic (exact) mass is 299 g/mol. The molecule has 0 aliphatic carbocycles. The number of pyridine rings is 1. The van der Waals surface area contributed by atoms with Crippen LogP contribution in [0.4, 0.5) is 0 Å². The average molecular weight is 299 g/mol. The second-order valence-electron chi connectivity index (χ2n) is 4.42. The highest BCUT2D eigenvalue weighted by molar-refractivity contribution is 7.99. The summed E-state index contributed by atoms with van der Waals surface area (Å²) in [5.74, 6) is 0. The zero-order valence-corrected chi connectivity index (χ0v) is 12.1. The number of nitrogens with zero attached hydrogens (tertiary/aromatic N) is 5. The number of benzene rings is 1. The Morgan fingerprint density at radius 1 is 1.14 bits per heavy atom. The Labute approximate surface area is 125 Å². The minimum Gasteiger partial charge on any atom is -0.389 e. The molecule has 0 radical (unpaired) electrons. The van der Waals surface area contributed by atoms with Crippen molar-refractivity contribution in [3.05, 3.63) is 54.2 Å². The van der Waals surface area contributed by atoms with E-state index in [-0.39, 0.29) is 0 Å². The van der Waals surface area contributed by atoms with E-state index in [0.29, 0.717) is 5.16 Å². The van der Waals surface area contributed by atoms with Gasteiger partial charge in [0.05, 0.1) is 11.8 Å². The normalized spacial score (nSPS) is 12.3. The number of tetrazole rings is 1. The lowest BCUT2D eigenvalue weighted by molar-refractivity contribution is 0.198. The van der Waals surface area contributed by atoms with E-state index in [2.05, 4.69) is 20.5 Å². The van der Waals surface area contributed by atoms with Crippen LogP contribution in [-0.2, 0) is 0 Å². The van der Waals surface area contributed by atoms with Crippen LogP contribution >= 0.6 is 11.8 Å². The summed E-state index contributed by atoms with van der Waals surface area (Å²) in [6.45, 7) is 1.71. The first-order chi connectivity index (χ1) is 10.2. The summed E-state index contributed by atoms with van der Waals surface area (Å²) in [4.78, 5) is 4.30. The molecule has 6 nitrogen and oxygen atoms in total. The van der Waals surface area contributed by atoms with Gasteiger partial charge < -0.3 is 5.11 Å². The topological polar surface area (TPSA) is 76.7 Å². The van der Waals surface area contributed by atoms with Crippen molar-refractivity contribution < 1.29 is 5.11 Å². The molecule has 1 unspecified atom stereocenters. The maximum atomic E-state index is 9.48. The fourth-order valence-corrected chi connectivity index (χ4v) is 2.50. The van der Waals surface area contributed by atoms with Gasteiger partial charge in [-0.15, -0.1) is 5.10 Å². The quantitative estimate of drug-likeness (QED) is 0.796. The van der Waals surface area contributed by atoms with Crippen LogP contribution in [0.2, 0.25) is 0 Å². The van der Waals surface area contributed by atoms with Crippen LogP contribution in [0.25, 0.3) is 5.69 Å². The highest BCUT2D eigenvalue weighted by atomic mass is 32.2. The zero-order valence-electron chi connectivity index (χ0n) is 11.3. The minimum absolute atomic E-state index is 0.522. The van der Waals surface area contributed by atoms with E-state index in [1.54, 1.807) is 17.8 Å². The van der Waals surface area contributed by atoms with Crippen LogP contribution in [-0.4, -0.2) is 30.3 Å². The smallest absolute Gasteiger partial charge is 0.220 e. The van der Waals surface area contributed by atoms with Gasteiger partial charge in [0.15, 0.2) is 0 Å². The van der Waals surface area contributed by atoms with Crippen LogP contribution in [0.1, 0.15) is 18.6 Å². The number of para-hydroxylation sites is 1. The fraction of sp³-hybridized carbons (Fsp3) is 0.143. The lowest BCUT2D eigenvalue weighted by atomic mass is 10.2. The molecule has 1 N–H and O–H groups in total. The molecule has 2 aromatic heterocycles. The molecule has 2 heterocycles. The van der Waals surface area contributed by atoms with Crippen molar-refractivity contribution in [1.82, 2.24) is 25.2 Å². The van der Waals surface area contributed by atoms with Crippen LogP contribution in [0.5, 0.6) is 0 Å². The molecule has 3 rings (SSSR count). The summed E-state index contributed by atoms with van der Waals surface area (Å²) >= 11 is 1.37. The summed E-state index contributed by atoms with van der Waals surface area (Å²) in [5, 5.41) is 22.6. The molecule has 0 saturated heterocycles. The third-order valence-electron chi connectivity index (χ3n) is 2.88. The molecule has 0 bridgehead atoms. The summed E-state index contributed by atoms with van der Waals surface area (Å²) in [5.41, 5.74) is 1.67. The van der Waals surface area contributed by atoms with Gasteiger partial charge in [0.1, 0.15) is 5.03 Å². The molecule has 106 valence electrons. The predicted octanol–water partition coefficient (Wildman–Crippen LogP) is 2.26. The molecule has 0 fully saturated rings. The molecule has 0 saturated carbocycles. The molecule has 1 aromatic carbocycles. The van der Waals surface area contributed by atoms with Crippen molar-refractivity contribution in [2.75, 3.05) is 0 Å². The number of hydrogen-bond donors (Lipinski definition) is 1. The molecule has 21 heavy (non-hydrogen) atoms. The van der Waals surface area contributed by atoms with Crippen molar-refractivity contribution >= 4 is 11.8 Å². The molecule has 3 aromatic rings. The van der Waals surface area contributed by atoms with E-state index < -0.39 is 6.10 Å². The number of aliphatic hydroxyl groups excluding tert-OH is 1. The third-order valence-corrected chi connectivity index (χ3v) is 3.77. The lowest BCUT2D eigenvalue weighted by Gasteiger charge is -2.05. The van der Waals surface area contributed by atoms with E-state index in [0.717, 1.165) is 16.3 Å². The Balaban J connectivity index is 1.84. The Kier molecular flexibility index (Phi) is 3.94. The molecule has 7 heteroatoms. The van der Waals surface area contributed by atoms with Crippen molar-refractivity contribution in [3.8, 4) is 5.69 Å². The standard InChI is InChI=1S/C14H13N5OS/c1-10(20)11-7-8-13(15-9-11)21-14-16-17-18-19(14)12-5-3-2-4-6-12/h2-10,20H,1H3.